The number of hydrogen-bond acceptors (Lipinski definition) is 3. The molecule has 0 bridgehead atoms. The Hall–Kier alpha value is -1.39. The predicted molar refractivity (Wildman–Crippen MR) is 89.9 cm³/mol. The average Bonchev–Trinajstić information content (AvgIpc) is 2.52. The number of nitrogens with zero attached hydrogens (tertiary/aromatic N) is 1. The monoisotopic (exact) mass is 317 g/mol. The van der Waals surface area contributed by atoms with Crippen molar-refractivity contribution in [3.05, 3.63) is 34.9 Å². The molecule has 3 atom stereocenters. The van der Waals surface area contributed by atoms with Crippen LogP contribution >= 0.6 is 0 Å². The van der Waals surface area contributed by atoms with Gasteiger partial charge in [0, 0.05) is 11.5 Å². The van der Waals surface area contributed by atoms with Crippen molar-refractivity contribution in [1.29, 1.82) is 0 Å². The van der Waals surface area contributed by atoms with Gasteiger partial charge in [0.05, 0.1) is 11.2 Å². The summed E-state index contributed by atoms with van der Waals surface area (Å²) in [5, 5.41) is 21.1. The standard InChI is InChI=1S/C19H27NO3/c1-13-6-7-15(17(21)22)12-16(13)18-8-4-5-9-19(18,23)14(2)20(3)11-10-18/h6-7,12,14,23H,4-5,8-11H2,1-3H3,(H,21,22). The quantitative estimate of drug-likeness (QED) is 0.880. The number of likely N-dealkylation sites (tertiary alicyclic amines) is 1. The summed E-state index contributed by atoms with van der Waals surface area (Å²) in [7, 11) is 2.07. The van der Waals surface area contributed by atoms with Crippen molar-refractivity contribution in [1.82, 2.24) is 4.90 Å². The molecular weight excluding hydrogens is 290 g/mol. The summed E-state index contributed by atoms with van der Waals surface area (Å²) in [5.41, 5.74) is 1.33. The fourth-order valence-corrected chi connectivity index (χ4v) is 4.93. The van der Waals surface area contributed by atoms with Crippen LogP contribution in [0, 0.1) is 6.92 Å². The van der Waals surface area contributed by atoms with Gasteiger partial charge in [-0.05, 0) is 70.0 Å². The molecular formula is C19H27NO3. The van der Waals surface area contributed by atoms with Crippen LogP contribution in [0.2, 0.25) is 0 Å². The van der Waals surface area contributed by atoms with Crippen LogP contribution in [0.3, 0.4) is 0 Å². The lowest BCUT2D eigenvalue weighted by Crippen LogP contribution is -2.68. The number of piperidine rings is 1. The topological polar surface area (TPSA) is 60.8 Å². The van der Waals surface area contributed by atoms with Crippen LogP contribution in [0.15, 0.2) is 18.2 Å². The molecule has 3 rings (SSSR count). The minimum Gasteiger partial charge on any atom is -0.478 e. The van der Waals surface area contributed by atoms with Gasteiger partial charge in [-0.1, -0.05) is 18.9 Å². The molecule has 1 aromatic carbocycles. The second kappa shape index (κ2) is 5.60. The summed E-state index contributed by atoms with van der Waals surface area (Å²) in [4.78, 5) is 13.7. The lowest BCUT2D eigenvalue weighted by molar-refractivity contribution is -0.148. The highest BCUT2D eigenvalue weighted by molar-refractivity contribution is 5.88. The maximum Gasteiger partial charge on any atom is 0.335 e. The third-order valence-corrected chi connectivity index (χ3v) is 6.48. The first kappa shape index (κ1) is 16.5. The van der Waals surface area contributed by atoms with E-state index in [2.05, 4.69) is 18.9 Å². The number of benzene rings is 1. The highest BCUT2D eigenvalue weighted by Crippen LogP contribution is 2.54. The van der Waals surface area contributed by atoms with Gasteiger partial charge in [-0.25, -0.2) is 4.79 Å². The molecule has 126 valence electrons. The third kappa shape index (κ3) is 2.31. The lowest BCUT2D eigenvalue weighted by Gasteiger charge is -2.60. The first-order chi connectivity index (χ1) is 10.8. The van der Waals surface area contributed by atoms with Crippen molar-refractivity contribution in [2.24, 2.45) is 0 Å². The van der Waals surface area contributed by atoms with Crippen molar-refractivity contribution in [3.8, 4) is 0 Å². The molecule has 1 saturated carbocycles. The second-order valence-corrected chi connectivity index (χ2v) is 7.45. The van der Waals surface area contributed by atoms with Crippen LogP contribution in [0.4, 0.5) is 0 Å². The predicted octanol–water partition coefficient (Wildman–Crippen LogP) is 2.96. The lowest BCUT2D eigenvalue weighted by atomic mass is 9.53. The van der Waals surface area contributed by atoms with Crippen LogP contribution < -0.4 is 0 Å². The van der Waals surface area contributed by atoms with Crippen molar-refractivity contribution in [2.75, 3.05) is 13.6 Å². The van der Waals surface area contributed by atoms with Crippen LogP contribution in [0.25, 0.3) is 0 Å². The maximum atomic E-state index is 11.7. The first-order valence-electron chi connectivity index (χ1n) is 8.59. The van der Waals surface area contributed by atoms with Gasteiger partial charge in [0.2, 0.25) is 0 Å². The number of aromatic carboxylic acids is 1. The highest BCUT2D eigenvalue weighted by atomic mass is 16.4. The molecule has 4 heteroatoms. The van der Waals surface area contributed by atoms with E-state index in [0.717, 1.165) is 49.8 Å². The van der Waals surface area contributed by atoms with Crippen LogP contribution in [-0.4, -0.2) is 46.3 Å². The first-order valence-corrected chi connectivity index (χ1v) is 8.59. The van der Waals surface area contributed by atoms with Crippen molar-refractivity contribution in [2.45, 2.75) is 63.0 Å². The third-order valence-electron chi connectivity index (χ3n) is 6.48. The maximum absolute atomic E-state index is 11.7. The molecule has 0 aromatic heterocycles. The zero-order valence-corrected chi connectivity index (χ0v) is 14.3. The number of rotatable bonds is 2. The molecule has 1 aliphatic heterocycles. The van der Waals surface area contributed by atoms with E-state index < -0.39 is 11.6 Å². The van der Waals surface area contributed by atoms with Gasteiger partial charge < -0.3 is 15.1 Å². The molecule has 2 fully saturated rings. The number of hydrogen-bond donors (Lipinski definition) is 2. The van der Waals surface area contributed by atoms with Gasteiger partial charge in [-0.3, -0.25) is 0 Å². The molecule has 1 aliphatic carbocycles. The Balaban J connectivity index is 2.18. The van der Waals surface area contributed by atoms with Crippen LogP contribution in [0.5, 0.6) is 0 Å². The molecule has 1 aromatic rings. The van der Waals surface area contributed by atoms with Gasteiger partial charge in [-0.15, -0.1) is 0 Å². The van der Waals surface area contributed by atoms with Gasteiger partial charge >= 0.3 is 5.97 Å². The number of aliphatic hydroxyl groups is 1. The van der Waals surface area contributed by atoms with E-state index in [4.69, 9.17) is 0 Å². The fourth-order valence-electron chi connectivity index (χ4n) is 4.93. The Bertz CT molecular complexity index is 629. The summed E-state index contributed by atoms with van der Waals surface area (Å²) in [6.07, 6.45) is 4.73. The van der Waals surface area contributed by atoms with E-state index in [0.29, 0.717) is 5.56 Å². The second-order valence-electron chi connectivity index (χ2n) is 7.45. The van der Waals surface area contributed by atoms with E-state index in [1.807, 2.05) is 19.1 Å². The number of aryl methyl sites for hydroxylation is 1. The largest absolute Gasteiger partial charge is 0.478 e. The fraction of sp³-hybridized carbons (Fsp3) is 0.632. The van der Waals surface area contributed by atoms with E-state index in [1.165, 1.54) is 0 Å². The summed E-state index contributed by atoms with van der Waals surface area (Å²) in [6.45, 7) is 5.07. The van der Waals surface area contributed by atoms with E-state index in [9.17, 15) is 15.0 Å². The molecule has 0 radical (unpaired) electrons. The number of likely N-dealkylation sites (N-methyl/N-ethyl adjacent to an activating group) is 1. The van der Waals surface area contributed by atoms with Gasteiger partial charge in [0.25, 0.3) is 0 Å². The highest BCUT2D eigenvalue weighted by Gasteiger charge is 2.58. The SMILES string of the molecule is Cc1ccc(C(=O)O)cc1C12CCCCC1(O)C(C)N(C)CC2. The summed E-state index contributed by atoms with van der Waals surface area (Å²) in [5.74, 6) is -0.900. The molecule has 4 nitrogen and oxygen atoms in total. The number of carboxylic acid groups (broad SMARTS) is 1. The Morgan fingerprint density at radius 2 is 1.96 bits per heavy atom. The van der Waals surface area contributed by atoms with Crippen LogP contribution in [0.1, 0.15) is 60.5 Å². The van der Waals surface area contributed by atoms with Gasteiger partial charge in [-0.2, -0.15) is 0 Å². The van der Waals surface area contributed by atoms with Crippen molar-refractivity contribution < 1.29 is 15.0 Å². The molecule has 3 unspecified atom stereocenters. The molecule has 2 N–H and O–H groups in total. The van der Waals surface area contributed by atoms with E-state index in [-0.39, 0.29) is 11.5 Å². The van der Waals surface area contributed by atoms with Crippen LogP contribution in [-0.2, 0) is 5.41 Å². The Labute approximate surface area is 138 Å². The number of carboxylic acids is 1. The molecule has 1 heterocycles. The molecule has 2 aliphatic rings. The van der Waals surface area contributed by atoms with Crippen molar-refractivity contribution in [3.63, 3.8) is 0 Å². The minimum absolute atomic E-state index is 0.0736. The van der Waals surface area contributed by atoms with Crippen molar-refractivity contribution >= 4 is 5.97 Å². The normalized spacial score (nSPS) is 34.9. The minimum atomic E-state index is -0.900. The summed E-state index contributed by atoms with van der Waals surface area (Å²) < 4.78 is 0. The number of carbonyl (C=O) groups is 1. The van der Waals surface area contributed by atoms with E-state index in [1.54, 1.807) is 6.07 Å². The molecule has 23 heavy (non-hydrogen) atoms. The van der Waals surface area contributed by atoms with E-state index >= 15 is 0 Å². The Kier molecular flexibility index (Phi) is 4.01. The Morgan fingerprint density at radius 3 is 2.65 bits per heavy atom. The molecule has 1 saturated heterocycles. The molecule has 0 spiro atoms. The Morgan fingerprint density at radius 1 is 1.26 bits per heavy atom. The summed E-state index contributed by atoms with van der Waals surface area (Å²) >= 11 is 0. The summed E-state index contributed by atoms with van der Waals surface area (Å²) in [6, 6.07) is 5.44. The van der Waals surface area contributed by atoms with Gasteiger partial charge in [0.15, 0.2) is 0 Å². The zero-order valence-electron chi connectivity index (χ0n) is 14.3. The zero-order chi connectivity index (χ0) is 16.8. The smallest absolute Gasteiger partial charge is 0.335 e. The number of fused-ring (bicyclic) bond motifs is 1. The average molecular weight is 317 g/mol. The van der Waals surface area contributed by atoms with Gasteiger partial charge in [0.1, 0.15) is 0 Å². The molecule has 0 amide bonds.